The van der Waals surface area contributed by atoms with Crippen molar-refractivity contribution in [2.24, 2.45) is 0 Å². The molecule has 2 aliphatic heterocycles. The normalized spacial score (nSPS) is 20.6. The van der Waals surface area contributed by atoms with Crippen LogP contribution in [0.2, 0.25) is 5.02 Å². The quantitative estimate of drug-likeness (QED) is 0.508. The number of aliphatic hydroxyl groups is 1. The van der Waals surface area contributed by atoms with Gasteiger partial charge in [0.2, 0.25) is 5.69 Å². The third kappa shape index (κ3) is 5.81. The molecule has 0 spiro atoms. The fourth-order valence-corrected chi connectivity index (χ4v) is 5.22. The Morgan fingerprint density at radius 3 is 2.61 bits per heavy atom. The summed E-state index contributed by atoms with van der Waals surface area (Å²) in [4.78, 5) is 8.19. The first-order chi connectivity index (χ1) is 15.9. The lowest BCUT2D eigenvalue weighted by Gasteiger charge is -2.39. The molecule has 4 rings (SSSR count). The molecule has 2 aromatic rings. The third-order valence-corrected chi connectivity index (χ3v) is 7.55. The molecular weight excluding hydrogens is 434 g/mol. The zero-order valence-corrected chi connectivity index (χ0v) is 20.4. The minimum Gasteiger partial charge on any atom is -0.493 e. The molecule has 2 aliphatic rings. The molecule has 1 unspecified atom stereocenters. The van der Waals surface area contributed by atoms with Gasteiger partial charge in [-0.15, -0.1) is 0 Å². The molecule has 0 aliphatic carbocycles. The van der Waals surface area contributed by atoms with Crippen molar-refractivity contribution in [3.63, 3.8) is 0 Å². The molecule has 1 atom stereocenters. The number of benzene rings is 2. The van der Waals surface area contributed by atoms with Gasteiger partial charge in [0.05, 0.1) is 18.8 Å². The lowest BCUT2D eigenvalue weighted by atomic mass is 9.88. The van der Waals surface area contributed by atoms with E-state index in [4.69, 9.17) is 22.9 Å². The van der Waals surface area contributed by atoms with E-state index in [0.29, 0.717) is 42.6 Å². The van der Waals surface area contributed by atoms with Gasteiger partial charge in [-0.05, 0) is 75.4 Å². The minimum atomic E-state index is -0.712. The molecule has 0 saturated carbocycles. The summed E-state index contributed by atoms with van der Waals surface area (Å²) in [6.45, 7) is 15.8. The number of anilines is 1. The second-order valence-electron chi connectivity index (χ2n) is 9.62. The van der Waals surface area contributed by atoms with Crippen LogP contribution in [-0.2, 0) is 6.54 Å². The number of nitrogens with zero attached hydrogens (tertiary/aromatic N) is 3. The number of hydrogen-bond donors (Lipinski definition) is 1. The number of hydrogen-bond acceptors (Lipinski definition) is 4. The van der Waals surface area contributed by atoms with Gasteiger partial charge in [0.15, 0.2) is 0 Å². The van der Waals surface area contributed by atoms with Gasteiger partial charge in [0.1, 0.15) is 5.75 Å². The molecule has 2 saturated heterocycles. The Balaban J connectivity index is 1.26. The first-order valence-electron chi connectivity index (χ1n) is 12.0. The first-order valence-corrected chi connectivity index (χ1v) is 12.4. The van der Waals surface area contributed by atoms with Crippen LogP contribution in [0.4, 0.5) is 11.4 Å². The number of likely N-dealkylation sites (tertiary alicyclic amines) is 1. The lowest BCUT2D eigenvalue weighted by Crippen LogP contribution is -2.45. The Hall–Kier alpha value is -2.26. The predicted molar refractivity (Wildman–Crippen MR) is 135 cm³/mol. The number of aryl methyl sites for hydroxylation is 1. The molecule has 2 aromatic carbocycles. The summed E-state index contributed by atoms with van der Waals surface area (Å²) >= 11 is 6.19. The number of rotatable bonds is 7. The van der Waals surface area contributed by atoms with E-state index in [1.54, 1.807) is 6.07 Å². The molecule has 2 fully saturated rings. The highest BCUT2D eigenvalue weighted by Crippen LogP contribution is 2.34. The Labute approximate surface area is 202 Å². The zero-order chi connectivity index (χ0) is 23.4. The molecule has 5 nitrogen and oxygen atoms in total. The van der Waals surface area contributed by atoms with E-state index < -0.39 is 5.60 Å². The summed E-state index contributed by atoms with van der Waals surface area (Å²) < 4.78 is 6.07. The van der Waals surface area contributed by atoms with Gasteiger partial charge in [-0.1, -0.05) is 29.8 Å². The summed E-state index contributed by atoms with van der Waals surface area (Å²) in [6, 6.07) is 12.7. The summed E-state index contributed by atoms with van der Waals surface area (Å²) in [7, 11) is 0. The lowest BCUT2D eigenvalue weighted by molar-refractivity contribution is -0.00273. The third-order valence-electron chi connectivity index (χ3n) is 7.25. The second kappa shape index (κ2) is 10.3. The Kier molecular flexibility index (Phi) is 7.48. The molecule has 0 radical (unpaired) electrons. The maximum absolute atomic E-state index is 11.1. The summed E-state index contributed by atoms with van der Waals surface area (Å²) in [5, 5.41) is 11.5. The number of ether oxygens (including phenoxy) is 1. The SMILES string of the molecule is [C-]#[N+]c1ccc(N2CCC(O)(CCOc3ccc(CN4CCCC4C)cc3C)CC2)cc1Cl. The maximum atomic E-state index is 11.1. The minimum absolute atomic E-state index is 0.472. The Bertz CT molecular complexity index is 1010. The van der Waals surface area contributed by atoms with Crippen LogP contribution in [0.5, 0.6) is 5.75 Å². The van der Waals surface area contributed by atoms with Crippen LogP contribution in [0, 0.1) is 13.5 Å². The van der Waals surface area contributed by atoms with Gasteiger partial charge in [0.25, 0.3) is 0 Å². The van der Waals surface area contributed by atoms with Crippen LogP contribution in [-0.4, -0.2) is 47.9 Å². The van der Waals surface area contributed by atoms with E-state index in [1.165, 1.54) is 24.9 Å². The van der Waals surface area contributed by atoms with Gasteiger partial charge < -0.3 is 14.7 Å². The van der Waals surface area contributed by atoms with Gasteiger partial charge in [-0.25, -0.2) is 4.85 Å². The van der Waals surface area contributed by atoms with Gasteiger partial charge >= 0.3 is 0 Å². The number of piperidine rings is 1. The predicted octanol–water partition coefficient (Wildman–Crippen LogP) is 5.98. The molecule has 0 amide bonds. The molecule has 6 heteroatoms. The topological polar surface area (TPSA) is 40.3 Å². The molecule has 1 N–H and O–H groups in total. The van der Waals surface area contributed by atoms with Crippen molar-refractivity contribution in [2.45, 2.75) is 64.1 Å². The van der Waals surface area contributed by atoms with E-state index in [0.717, 1.165) is 36.6 Å². The smallest absolute Gasteiger partial charge is 0.205 e. The van der Waals surface area contributed by atoms with Crippen molar-refractivity contribution in [3.8, 4) is 5.75 Å². The van der Waals surface area contributed by atoms with Gasteiger partial charge in [-0.2, -0.15) is 0 Å². The van der Waals surface area contributed by atoms with Crippen LogP contribution in [0.1, 0.15) is 50.2 Å². The first kappa shape index (κ1) is 23.9. The average Bonchev–Trinajstić information content (AvgIpc) is 3.20. The van der Waals surface area contributed by atoms with Crippen molar-refractivity contribution in [2.75, 3.05) is 31.1 Å². The van der Waals surface area contributed by atoms with Crippen LogP contribution in [0.15, 0.2) is 36.4 Å². The van der Waals surface area contributed by atoms with E-state index in [1.807, 2.05) is 12.1 Å². The average molecular weight is 468 g/mol. The molecular formula is C27H34ClN3O2. The maximum Gasteiger partial charge on any atom is 0.205 e. The summed E-state index contributed by atoms with van der Waals surface area (Å²) in [5.41, 5.74) is 3.26. The molecule has 2 heterocycles. The largest absolute Gasteiger partial charge is 0.493 e. The van der Waals surface area contributed by atoms with Crippen molar-refractivity contribution in [1.29, 1.82) is 0 Å². The van der Waals surface area contributed by atoms with E-state index in [2.05, 4.69) is 46.7 Å². The van der Waals surface area contributed by atoms with E-state index >= 15 is 0 Å². The molecule has 0 aromatic heterocycles. The van der Waals surface area contributed by atoms with E-state index in [-0.39, 0.29) is 0 Å². The molecule has 0 bridgehead atoms. The monoisotopic (exact) mass is 467 g/mol. The second-order valence-corrected chi connectivity index (χ2v) is 10.0. The summed E-state index contributed by atoms with van der Waals surface area (Å²) in [6.07, 6.45) is 4.58. The van der Waals surface area contributed by atoms with Crippen molar-refractivity contribution < 1.29 is 9.84 Å². The fraction of sp³-hybridized carbons (Fsp3) is 0.519. The Morgan fingerprint density at radius 2 is 1.97 bits per heavy atom. The van der Waals surface area contributed by atoms with Crippen molar-refractivity contribution in [3.05, 3.63) is 64.0 Å². The zero-order valence-electron chi connectivity index (χ0n) is 19.7. The van der Waals surface area contributed by atoms with Crippen molar-refractivity contribution in [1.82, 2.24) is 4.90 Å². The highest BCUT2D eigenvalue weighted by Gasteiger charge is 2.32. The van der Waals surface area contributed by atoms with Crippen molar-refractivity contribution >= 4 is 23.0 Å². The van der Waals surface area contributed by atoms with Gasteiger partial charge in [0, 0.05) is 42.8 Å². The fourth-order valence-electron chi connectivity index (χ4n) is 5.00. The van der Waals surface area contributed by atoms with Crippen LogP contribution < -0.4 is 9.64 Å². The van der Waals surface area contributed by atoms with Crippen LogP contribution in [0.25, 0.3) is 4.85 Å². The Morgan fingerprint density at radius 1 is 1.18 bits per heavy atom. The van der Waals surface area contributed by atoms with Crippen LogP contribution in [0.3, 0.4) is 0 Å². The molecule has 176 valence electrons. The van der Waals surface area contributed by atoms with Gasteiger partial charge in [-0.3, -0.25) is 4.90 Å². The standard InChI is InChI=1S/C27H34ClN3O2/c1-20-17-22(19-31-13-4-5-21(31)2)6-9-26(20)33-16-12-27(32)10-14-30(15-11-27)23-7-8-25(29-3)24(28)18-23/h6-9,17-18,21,32H,4-5,10-16,19H2,1-2H3. The highest BCUT2D eigenvalue weighted by molar-refractivity contribution is 6.33. The van der Waals surface area contributed by atoms with E-state index in [9.17, 15) is 5.11 Å². The highest BCUT2D eigenvalue weighted by atomic mass is 35.5. The van der Waals surface area contributed by atoms with Crippen LogP contribution >= 0.6 is 11.6 Å². The number of halogens is 1. The summed E-state index contributed by atoms with van der Waals surface area (Å²) in [5.74, 6) is 0.906. The molecule has 33 heavy (non-hydrogen) atoms.